The van der Waals surface area contributed by atoms with Gasteiger partial charge in [-0.25, -0.2) is 14.5 Å². The Morgan fingerprint density at radius 2 is 2.43 bits per heavy atom. The number of urea groups is 1. The fourth-order valence-electron chi connectivity index (χ4n) is 2.59. The minimum Gasteiger partial charge on any atom is -0.376 e. The normalized spacial score (nSPS) is 17.2. The first-order chi connectivity index (χ1) is 11.3. The molecule has 0 saturated carbocycles. The Hall–Kier alpha value is -2.41. The quantitative estimate of drug-likeness (QED) is 0.919. The Bertz CT molecular complexity index is 620. The van der Waals surface area contributed by atoms with Gasteiger partial charge in [-0.05, 0) is 38.0 Å². The number of nitrogens with zero attached hydrogens (tertiary/aromatic N) is 4. The van der Waals surface area contributed by atoms with Crippen LogP contribution >= 0.6 is 0 Å². The second-order valence-electron chi connectivity index (χ2n) is 5.46. The molecule has 0 radical (unpaired) electrons. The molecule has 1 N–H and O–H groups in total. The van der Waals surface area contributed by atoms with Crippen molar-refractivity contribution in [2.45, 2.75) is 25.9 Å². The number of nitrogens with one attached hydrogen (secondary N) is 1. The molecule has 1 aliphatic heterocycles. The summed E-state index contributed by atoms with van der Waals surface area (Å²) >= 11 is 0. The maximum atomic E-state index is 12.4. The predicted octanol–water partition coefficient (Wildman–Crippen LogP) is 2.30. The lowest BCUT2D eigenvalue weighted by atomic mass is 10.2. The summed E-state index contributed by atoms with van der Waals surface area (Å²) in [4.78, 5) is 18.4. The Morgan fingerprint density at radius 3 is 3.04 bits per heavy atom. The van der Waals surface area contributed by atoms with Crippen LogP contribution in [0.25, 0.3) is 5.82 Å². The van der Waals surface area contributed by atoms with E-state index in [-0.39, 0.29) is 12.1 Å². The highest BCUT2D eigenvalue weighted by Crippen LogP contribution is 2.15. The summed E-state index contributed by atoms with van der Waals surface area (Å²) in [5, 5.41) is 7.00. The number of hydrogen-bond donors (Lipinski definition) is 1. The number of anilines is 1. The fourth-order valence-corrected chi connectivity index (χ4v) is 2.59. The number of carbonyl (C=O) groups is 1. The third-order valence-corrected chi connectivity index (χ3v) is 3.86. The van der Waals surface area contributed by atoms with Gasteiger partial charge in [-0.3, -0.25) is 0 Å². The summed E-state index contributed by atoms with van der Waals surface area (Å²) in [5.41, 5.74) is 0.664. The van der Waals surface area contributed by atoms with Crippen molar-refractivity contribution in [1.29, 1.82) is 0 Å². The zero-order valence-electron chi connectivity index (χ0n) is 13.2. The van der Waals surface area contributed by atoms with E-state index in [1.165, 1.54) is 0 Å². The van der Waals surface area contributed by atoms with Gasteiger partial charge in [-0.15, -0.1) is 0 Å². The van der Waals surface area contributed by atoms with Crippen molar-refractivity contribution < 1.29 is 9.53 Å². The summed E-state index contributed by atoms with van der Waals surface area (Å²) in [7, 11) is 0. The molecule has 1 atom stereocenters. The average Bonchev–Trinajstić information content (AvgIpc) is 3.27. The van der Waals surface area contributed by atoms with E-state index >= 15 is 0 Å². The van der Waals surface area contributed by atoms with E-state index in [0.29, 0.717) is 24.6 Å². The third kappa shape index (κ3) is 3.87. The van der Waals surface area contributed by atoms with Crippen molar-refractivity contribution in [2.75, 3.05) is 25.0 Å². The van der Waals surface area contributed by atoms with Crippen LogP contribution in [-0.2, 0) is 4.74 Å². The number of amides is 2. The molecule has 1 aliphatic rings. The van der Waals surface area contributed by atoms with Crippen molar-refractivity contribution in [3.8, 4) is 5.82 Å². The summed E-state index contributed by atoms with van der Waals surface area (Å²) in [6, 6.07) is 5.35. The summed E-state index contributed by atoms with van der Waals surface area (Å²) in [6.07, 6.45) is 7.39. The second kappa shape index (κ2) is 7.23. The van der Waals surface area contributed by atoms with Gasteiger partial charge in [0.2, 0.25) is 0 Å². The maximum Gasteiger partial charge on any atom is 0.321 e. The van der Waals surface area contributed by atoms with Crippen LogP contribution in [0.5, 0.6) is 0 Å². The Balaban J connectivity index is 1.59. The zero-order valence-corrected chi connectivity index (χ0v) is 13.2. The molecule has 3 rings (SSSR count). The van der Waals surface area contributed by atoms with Gasteiger partial charge in [-0.1, -0.05) is 0 Å². The number of carbonyl (C=O) groups excluding carboxylic acids is 1. The van der Waals surface area contributed by atoms with Crippen molar-refractivity contribution in [1.82, 2.24) is 19.7 Å². The molecule has 7 heteroatoms. The van der Waals surface area contributed by atoms with E-state index in [9.17, 15) is 4.79 Å². The first-order valence-electron chi connectivity index (χ1n) is 7.90. The molecule has 0 spiro atoms. The van der Waals surface area contributed by atoms with Crippen LogP contribution in [0.4, 0.5) is 10.5 Å². The lowest BCUT2D eigenvalue weighted by Crippen LogP contribution is -2.40. The van der Waals surface area contributed by atoms with E-state index in [0.717, 1.165) is 19.4 Å². The number of pyridine rings is 1. The fraction of sp³-hybridized carbons (Fsp3) is 0.438. The van der Waals surface area contributed by atoms with Crippen molar-refractivity contribution >= 4 is 11.7 Å². The lowest BCUT2D eigenvalue weighted by Gasteiger charge is -2.24. The van der Waals surface area contributed by atoms with Crippen LogP contribution in [0.15, 0.2) is 36.8 Å². The van der Waals surface area contributed by atoms with Crippen LogP contribution in [0.3, 0.4) is 0 Å². The standard InChI is InChI=1S/C16H21N5O2/c1-2-20(12-14-5-3-10-23-14)16(22)19-13-6-7-15(17-11-13)21-9-4-8-18-21/h4,6-9,11,14H,2-3,5,10,12H2,1H3,(H,19,22)/t14-/m1/s1. The van der Waals surface area contributed by atoms with Gasteiger partial charge < -0.3 is 15.0 Å². The molecule has 122 valence electrons. The first-order valence-corrected chi connectivity index (χ1v) is 7.90. The molecule has 3 heterocycles. The highest BCUT2D eigenvalue weighted by Gasteiger charge is 2.21. The Morgan fingerprint density at radius 1 is 1.52 bits per heavy atom. The summed E-state index contributed by atoms with van der Waals surface area (Å²) in [6.45, 7) is 4.03. The molecule has 0 bridgehead atoms. The monoisotopic (exact) mass is 315 g/mol. The minimum atomic E-state index is -0.128. The molecular formula is C16H21N5O2. The smallest absolute Gasteiger partial charge is 0.321 e. The SMILES string of the molecule is CCN(C[C@H]1CCCO1)C(=O)Nc1ccc(-n2cccn2)nc1. The largest absolute Gasteiger partial charge is 0.376 e. The molecule has 0 aliphatic carbocycles. The van der Waals surface area contributed by atoms with Crippen LogP contribution in [0, 0.1) is 0 Å². The molecular weight excluding hydrogens is 294 g/mol. The predicted molar refractivity (Wildman–Crippen MR) is 86.6 cm³/mol. The summed E-state index contributed by atoms with van der Waals surface area (Å²) < 4.78 is 7.27. The molecule has 2 aromatic heterocycles. The van der Waals surface area contributed by atoms with Gasteiger partial charge in [0.1, 0.15) is 0 Å². The zero-order chi connectivity index (χ0) is 16.1. The van der Waals surface area contributed by atoms with Gasteiger partial charge in [0.15, 0.2) is 5.82 Å². The average molecular weight is 315 g/mol. The third-order valence-electron chi connectivity index (χ3n) is 3.86. The van der Waals surface area contributed by atoms with Crippen molar-refractivity contribution in [2.24, 2.45) is 0 Å². The highest BCUT2D eigenvalue weighted by molar-refractivity contribution is 5.89. The molecule has 2 aromatic rings. The van der Waals surface area contributed by atoms with Gasteiger partial charge >= 0.3 is 6.03 Å². The maximum absolute atomic E-state index is 12.4. The lowest BCUT2D eigenvalue weighted by molar-refractivity contribution is 0.0849. The number of aromatic nitrogens is 3. The van der Waals surface area contributed by atoms with E-state index < -0.39 is 0 Å². The van der Waals surface area contributed by atoms with Crippen molar-refractivity contribution in [3.63, 3.8) is 0 Å². The molecule has 0 unspecified atom stereocenters. The van der Waals surface area contributed by atoms with Crippen molar-refractivity contribution in [3.05, 3.63) is 36.8 Å². The topological polar surface area (TPSA) is 72.3 Å². The highest BCUT2D eigenvalue weighted by atomic mass is 16.5. The number of likely N-dealkylation sites (N-methyl/N-ethyl adjacent to an activating group) is 1. The van der Waals surface area contributed by atoms with Crippen LogP contribution in [-0.4, -0.2) is 51.5 Å². The molecule has 7 nitrogen and oxygen atoms in total. The van der Waals surface area contributed by atoms with Gasteiger partial charge in [-0.2, -0.15) is 5.10 Å². The minimum absolute atomic E-state index is 0.128. The number of rotatable bonds is 5. The van der Waals surface area contributed by atoms with Crippen LogP contribution in [0.2, 0.25) is 0 Å². The second-order valence-corrected chi connectivity index (χ2v) is 5.46. The molecule has 23 heavy (non-hydrogen) atoms. The van der Waals surface area contributed by atoms with Crippen LogP contribution < -0.4 is 5.32 Å². The first kappa shape index (κ1) is 15.5. The van der Waals surface area contributed by atoms with E-state index in [1.807, 2.05) is 31.3 Å². The van der Waals surface area contributed by atoms with E-state index in [1.54, 1.807) is 22.0 Å². The van der Waals surface area contributed by atoms with Gasteiger partial charge in [0, 0.05) is 32.1 Å². The number of ether oxygens (including phenoxy) is 1. The van der Waals surface area contributed by atoms with Gasteiger partial charge in [0.25, 0.3) is 0 Å². The summed E-state index contributed by atoms with van der Waals surface area (Å²) in [5.74, 6) is 0.708. The molecule has 2 amide bonds. The van der Waals surface area contributed by atoms with Crippen LogP contribution in [0.1, 0.15) is 19.8 Å². The molecule has 1 saturated heterocycles. The Labute approximate surface area is 135 Å². The molecule has 0 aromatic carbocycles. The Kier molecular flexibility index (Phi) is 4.87. The van der Waals surface area contributed by atoms with Gasteiger partial charge in [0.05, 0.1) is 18.0 Å². The van der Waals surface area contributed by atoms with E-state index in [4.69, 9.17) is 4.74 Å². The van der Waals surface area contributed by atoms with E-state index in [2.05, 4.69) is 15.4 Å². The molecule has 1 fully saturated rings. The number of hydrogen-bond acceptors (Lipinski definition) is 4.